The van der Waals surface area contributed by atoms with E-state index in [1.54, 1.807) is 17.3 Å². The summed E-state index contributed by atoms with van der Waals surface area (Å²) >= 11 is 3.37. The Kier molecular flexibility index (Phi) is 10.5. The van der Waals surface area contributed by atoms with E-state index >= 15 is 0 Å². The fraction of sp³-hybridized carbons (Fsp3) is 0.182. The Morgan fingerprint density at radius 3 is 2.59 bits per heavy atom. The van der Waals surface area contributed by atoms with Gasteiger partial charge in [-0.05, 0) is 93.6 Å². The van der Waals surface area contributed by atoms with Crippen molar-refractivity contribution in [2.45, 2.75) is 33.1 Å². The number of amides is 2. The Labute approximate surface area is 334 Å². The van der Waals surface area contributed by atoms with E-state index in [1.165, 1.54) is 0 Å². The van der Waals surface area contributed by atoms with E-state index in [9.17, 15) is 9.59 Å². The molecule has 2 amide bonds. The summed E-state index contributed by atoms with van der Waals surface area (Å²) in [4.78, 5) is 40.1. The van der Waals surface area contributed by atoms with Crippen molar-refractivity contribution in [2.75, 3.05) is 34.5 Å². The first-order valence-electron chi connectivity index (χ1n) is 18.4. The van der Waals surface area contributed by atoms with Gasteiger partial charge < -0.3 is 34.1 Å². The molecular weight excluding hydrogens is 770 g/mol. The lowest BCUT2D eigenvalue weighted by Gasteiger charge is -2.31. The van der Waals surface area contributed by atoms with E-state index in [-0.39, 0.29) is 18.4 Å². The Bertz CT molecular complexity index is 2420. The molecule has 11 nitrogen and oxygen atoms in total. The minimum Gasteiger partial charge on any atom is -0.488 e. The van der Waals surface area contributed by atoms with Crippen molar-refractivity contribution in [1.82, 2.24) is 19.9 Å². The van der Waals surface area contributed by atoms with Gasteiger partial charge in [-0.15, -0.1) is 0 Å². The number of anilines is 3. The quantitative estimate of drug-likeness (QED) is 0.176. The Hall–Kier alpha value is -6.40. The number of hydrogen-bond donors (Lipinski definition) is 1. The highest BCUT2D eigenvalue weighted by Crippen LogP contribution is 2.34. The fourth-order valence-electron chi connectivity index (χ4n) is 7.06. The zero-order chi connectivity index (χ0) is 38.6. The van der Waals surface area contributed by atoms with Crippen molar-refractivity contribution in [3.63, 3.8) is 0 Å². The van der Waals surface area contributed by atoms with Crippen molar-refractivity contribution in [3.05, 3.63) is 172 Å². The van der Waals surface area contributed by atoms with Gasteiger partial charge in [-0.25, -0.2) is 9.97 Å². The maximum absolute atomic E-state index is 13.8. The van der Waals surface area contributed by atoms with Gasteiger partial charge in [0.05, 0.1) is 19.6 Å². The molecule has 0 unspecified atom stereocenters. The highest BCUT2D eigenvalue weighted by atomic mass is 79.9. The molecule has 3 aliphatic rings. The first kappa shape index (κ1) is 36.6. The summed E-state index contributed by atoms with van der Waals surface area (Å²) in [7, 11) is 0. The molecule has 6 heterocycles. The monoisotopic (exact) mass is 809 g/mol. The number of aryl methyl sites for hydroxylation is 1. The van der Waals surface area contributed by atoms with E-state index in [1.807, 2.05) is 108 Å². The van der Waals surface area contributed by atoms with E-state index < -0.39 is 0 Å². The number of hydrogen-bond acceptors (Lipinski definition) is 8. The molecule has 0 radical (unpaired) electrons. The maximum Gasteiger partial charge on any atom is 0.265 e. The van der Waals surface area contributed by atoms with Crippen LogP contribution in [-0.4, -0.2) is 46.1 Å². The first-order chi connectivity index (χ1) is 27.3. The zero-order valence-electron chi connectivity index (χ0n) is 30.9. The molecule has 0 saturated heterocycles. The van der Waals surface area contributed by atoms with Gasteiger partial charge in [-0.2, -0.15) is 0 Å². The molecule has 282 valence electrons. The fourth-order valence-corrected chi connectivity index (χ4v) is 7.38. The molecule has 0 spiro atoms. The molecule has 0 aliphatic carbocycles. The first-order valence-corrected chi connectivity index (χ1v) is 19.2. The summed E-state index contributed by atoms with van der Waals surface area (Å²) in [6.45, 7) is 10.0. The highest BCUT2D eigenvalue weighted by molar-refractivity contribution is 9.10. The highest BCUT2D eigenvalue weighted by Gasteiger charge is 2.28. The van der Waals surface area contributed by atoms with Crippen molar-refractivity contribution >= 4 is 44.9 Å². The maximum atomic E-state index is 13.8. The summed E-state index contributed by atoms with van der Waals surface area (Å²) in [5.74, 6) is 2.75. The van der Waals surface area contributed by atoms with Gasteiger partial charge >= 0.3 is 0 Å². The van der Waals surface area contributed by atoms with E-state index in [0.29, 0.717) is 49.9 Å². The lowest BCUT2D eigenvalue weighted by molar-refractivity contribution is -0.121. The molecule has 9 rings (SSSR count). The van der Waals surface area contributed by atoms with Crippen LogP contribution in [-0.2, 0) is 31.0 Å². The van der Waals surface area contributed by atoms with Crippen LogP contribution in [0.5, 0.6) is 11.6 Å². The number of para-hydroxylation sites is 1. The molecule has 3 aliphatic heterocycles. The van der Waals surface area contributed by atoms with Gasteiger partial charge in [0.1, 0.15) is 18.1 Å². The molecule has 56 heavy (non-hydrogen) atoms. The predicted octanol–water partition coefficient (Wildman–Crippen LogP) is 7.63. The van der Waals surface area contributed by atoms with Crippen molar-refractivity contribution in [1.29, 1.82) is 0 Å². The number of nitrogens with zero attached hydrogens (tertiary/aromatic N) is 6. The molecule has 0 atom stereocenters. The molecule has 0 fully saturated rings. The lowest BCUT2D eigenvalue weighted by Crippen LogP contribution is -2.38. The van der Waals surface area contributed by atoms with Crippen LogP contribution >= 0.6 is 15.9 Å². The lowest BCUT2D eigenvalue weighted by atomic mass is 10.0. The van der Waals surface area contributed by atoms with Crippen LogP contribution in [0.1, 0.15) is 38.3 Å². The van der Waals surface area contributed by atoms with Gasteiger partial charge in [-0.1, -0.05) is 61.2 Å². The van der Waals surface area contributed by atoms with E-state index in [2.05, 4.69) is 60.7 Å². The summed E-state index contributed by atoms with van der Waals surface area (Å²) < 4.78 is 14.1. The Morgan fingerprint density at radius 1 is 0.893 bits per heavy atom. The third-order valence-electron chi connectivity index (χ3n) is 10.00. The second-order valence-corrected chi connectivity index (χ2v) is 14.6. The molecule has 3 aromatic heterocycles. The molecule has 6 aromatic rings. The molecule has 3 aromatic carbocycles. The average molecular weight is 811 g/mol. The van der Waals surface area contributed by atoms with Gasteiger partial charge in [0.25, 0.3) is 11.8 Å². The van der Waals surface area contributed by atoms with Crippen LogP contribution in [0.3, 0.4) is 0 Å². The number of ether oxygens (including phenoxy) is 2. The second-order valence-electron chi connectivity index (χ2n) is 13.6. The number of aromatic nitrogens is 3. The van der Waals surface area contributed by atoms with Crippen molar-refractivity contribution < 1.29 is 19.1 Å². The number of carbonyl (C=O) groups excluding carboxylic acids is 2. The molecule has 12 heteroatoms. The Balaban J connectivity index is 0.000000194. The van der Waals surface area contributed by atoms with Crippen LogP contribution in [0, 0.1) is 6.92 Å². The van der Waals surface area contributed by atoms with Gasteiger partial charge in [0, 0.05) is 53.1 Å². The second kappa shape index (κ2) is 16.1. The SMILES string of the molecule is C=C(NCc1ccc(C(=O)N2Cc3cccn3Cc3ccccc32)cc1C)N1CCOc2cccnc21.O=C1COc2ncc(Br)cc2N1Cc1ccccc1. The third-order valence-corrected chi connectivity index (χ3v) is 10.4. The van der Waals surface area contributed by atoms with Crippen LogP contribution in [0.15, 0.2) is 139 Å². The van der Waals surface area contributed by atoms with Crippen molar-refractivity contribution in [2.24, 2.45) is 0 Å². The summed E-state index contributed by atoms with van der Waals surface area (Å²) in [5.41, 5.74) is 7.85. The number of rotatable bonds is 7. The van der Waals surface area contributed by atoms with Gasteiger partial charge in [-0.3, -0.25) is 9.59 Å². The van der Waals surface area contributed by atoms with Gasteiger partial charge in [0.2, 0.25) is 5.88 Å². The average Bonchev–Trinajstić information content (AvgIpc) is 3.60. The standard InChI is InChI=1S/C30H29N5O2.C14H11BrN2O2/c1-21-17-23(30(36)35-20-26-8-6-14-33(26)19-25-7-3-4-9-27(25)35)11-12-24(21)18-32-22(2)34-15-16-37-28-10-5-13-31-29(28)34;15-11-6-12-14(16-7-11)19-9-13(18)17(12)8-10-4-2-1-3-5-10/h3-14,17,32H,2,15-16,18-20H2,1H3;1-7H,8-9H2. The molecule has 0 saturated carbocycles. The minimum atomic E-state index is -0.0590. The number of halogens is 1. The number of carbonyl (C=O) groups is 2. The van der Waals surface area contributed by atoms with Crippen molar-refractivity contribution in [3.8, 4) is 11.6 Å². The number of fused-ring (bicyclic) bond motifs is 4. The Morgan fingerprint density at radius 2 is 1.73 bits per heavy atom. The largest absolute Gasteiger partial charge is 0.488 e. The minimum absolute atomic E-state index is 0.00474. The number of pyridine rings is 2. The zero-order valence-corrected chi connectivity index (χ0v) is 32.5. The van der Waals surface area contributed by atoms with E-state index in [4.69, 9.17) is 9.47 Å². The number of nitrogens with one attached hydrogen (secondary N) is 1. The van der Waals surface area contributed by atoms with Crippen LogP contribution in [0.25, 0.3) is 0 Å². The predicted molar refractivity (Wildman–Crippen MR) is 220 cm³/mol. The summed E-state index contributed by atoms with van der Waals surface area (Å²) in [6.07, 6.45) is 5.49. The van der Waals surface area contributed by atoms with Crippen LogP contribution in [0.4, 0.5) is 17.2 Å². The topological polar surface area (TPSA) is 105 Å². The summed E-state index contributed by atoms with van der Waals surface area (Å²) in [5, 5.41) is 3.43. The van der Waals surface area contributed by atoms with Gasteiger partial charge in [0.15, 0.2) is 18.2 Å². The molecular formula is C44H40BrN7O4. The smallest absolute Gasteiger partial charge is 0.265 e. The molecule has 0 bridgehead atoms. The number of benzene rings is 3. The van der Waals surface area contributed by atoms with E-state index in [0.717, 1.165) is 62.0 Å². The van der Waals surface area contributed by atoms with Crippen LogP contribution in [0.2, 0.25) is 0 Å². The van der Waals surface area contributed by atoms with Crippen LogP contribution < -0.4 is 29.5 Å². The summed E-state index contributed by atoms with van der Waals surface area (Å²) in [6, 6.07) is 33.7. The normalized spacial score (nSPS) is 14.0. The third kappa shape index (κ3) is 7.74. The molecule has 1 N–H and O–H groups in total.